The molecule has 7 heteroatoms. The molecule has 1 aromatic heterocycles. The summed E-state index contributed by atoms with van der Waals surface area (Å²) in [6, 6.07) is -0.495. The molecule has 7 nitrogen and oxygen atoms in total. The number of imide groups is 1. The molecule has 1 N–H and O–H groups in total. The third-order valence-electron chi connectivity index (χ3n) is 2.67. The first-order valence-electron chi connectivity index (χ1n) is 5.14. The van der Waals surface area contributed by atoms with Crippen LogP contribution in [0.5, 0.6) is 0 Å². The molecule has 1 fully saturated rings. The average Bonchev–Trinajstić information content (AvgIpc) is 2.67. The zero-order valence-corrected chi connectivity index (χ0v) is 9.89. The van der Waals surface area contributed by atoms with E-state index in [0.29, 0.717) is 0 Å². The standard InChI is InChI=1S/C10H13N5O2/c1-6-8(7(2)14(3)13-6)4-11-15-5-9(16)12-10(15)17/h4H,5H2,1-3H3,(H,12,16,17). The van der Waals surface area contributed by atoms with Gasteiger partial charge in [0.25, 0.3) is 0 Å². The van der Waals surface area contributed by atoms with Gasteiger partial charge in [0.1, 0.15) is 6.54 Å². The highest BCUT2D eigenvalue weighted by Crippen LogP contribution is 2.09. The second-order valence-corrected chi connectivity index (χ2v) is 3.86. The Kier molecular flexibility index (Phi) is 2.66. The van der Waals surface area contributed by atoms with Gasteiger partial charge in [0, 0.05) is 18.3 Å². The van der Waals surface area contributed by atoms with Gasteiger partial charge in [0.15, 0.2) is 0 Å². The quantitative estimate of drug-likeness (QED) is 0.575. The number of rotatable bonds is 2. The van der Waals surface area contributed by atoms with Crippen molar-refractivity contribution < 1.29 is 9.59 Å². The summed E-state index contributed by atoms with van der Waals surface area (Å²) < 4.78 is 1.74. The van der Waals surface area contributed by atoms with Gasteiger partial charge < -0.3 is 0 Å². The summed E-state index contributed by atoms with van der Waals surface area (Å²) in [5, 5.41) is 11.5. The van der Waals surface area contributed by atoms with E-state index in [1.165, 1.54) is 0 Å². The normalized spacial score (nSPS) is 16.1. The molecule has 0 bridgehead atoms. The number of hydrazone groups is 1. The van der Waals surface area contributed by atoms with Crippen molar-refractivity contribution >= 4 is 18.2 Å². The minimum atomic E-state index is -0.495. The van der Waals surface area contributed by atoms with Crippen LogP contribution in [0.25, 0.3) is 0 Å². The molecule has 2 rings (SSSR count). The first-order valence-corrected chi connectivity index (χ1v) is 5.14. The molecule has 0 unspecified atom stereocenters. The number of nitrogens with one attached hydrogen (secondary N) is 1. The van der Waals surface area contributed by atoms with Crippen LogP contribution in [0.2, 0.25) is 0 Å². The highest BCUT2D eigenvalue weighted by Gasteiger charge is 2.26. The minimum Gasteiger partial charge on any atom is -0.275 e. The molecule has 90 valence electrons. The van der Waals surface area contributed by atoms with E-state index in [-0.39, 0.29) is 12.5 Å². The zero-order chi connectivity index (χ0) is 12.6. The van der Waals surface area contributed by atoms with E-state index in [0.717, 1.165) is 22.0 Å². The number of aromatic nitrogens is 2. The maximum atomic E-state index is 11.2. The zero-order valence-electron chi connectivity index (χ0n) is 9.89. The summed E-state index contributed by atoms with van der Waals surface area (Å²) in [4.78, 5) is 22.2. The lowest BCUT2D eigenvalue weighted by molar-refractivity contribution is -0.118. The molecule has 17 heavy (non-hydrogen) atoms. The third kappa shape index (κ3) is 2.03. The Labute approximate surface area is 98.1 Å². The van der Waals surface area contributed by atoms with Gasteiger partial charge in [-0.15, -0.1) is 0 Å². The van der Waals surface area contributed by atoms with Crippen LogP contribution in [0.3, 0.4) is 0 Å². The largest absolute Gasteiger partial charge is 0.344 e. The molecule has 0 saturated carbocycles. The Morgan fingerprint density at radius 3 is 2.59 bits per heavy atom. The highest BCUT2D eigenvalue weighted by atomic mass is 16.2. The number of carbonyl (C=O) groups excluding carboxylic acids is 2. The van der Waals surface area contributed by atoms with Crippen molar-refractivity contribution in [3.63, 3.8) is 0 Å². The lowest BCUT2D eigenvalue weighted by atomic mass is 10.2. The molecule has 1 aliphatic rings. The van der Waals surface area contributed by atoms with Crippen LogP contribution in [0, 0.1) is 13.8 Å². The van der Waals surface area contributed by atoms with Crippen molar-refractivity contribution in [2.75, 3.05) is 6.54 Å². The number of urea groups is 1. The predicted molar refractivity (Wildman–Crippen MR) is 60.5 cm³/mol. The van der Waals surface area contributed by atoms with E-state index >= 15 is 0 Å². The van der Waals surface area contributed by atoms with Gasteiger partial charge in [-0.05, 0) is 13.8 Å². The molecular weight excluding hydrogens is 222 g/mol. The Morgan fingerprint density at radius 1 is 1.41 bits per heavy atom. The van der Waals surface area contributed by atoms with Crippen LogP contribution >= 0.6 is 0 Å². The maximum Gasteiger partial charge on any atom is 0.344 e. The smallest absolute Gasteiger partial charge is 0.275 e. The first kappa shape index (κ1) is 11.3. The summed E-state index contributed by atoms with van der Waals surface area (Å²) >= 11 is 0. The van der Waals surface area contributed by atoms with Crippen LogP contribution in [-0.2, 0) is 11.8 Å². The van der Waals surface area contributed by atoms with E-state index in [9.17, 15) is 9.59 Å². The van der Waals surface area contributed by atoms with Crippen molar-refractivity contribution in [2.45, 2.75) is 13.8 Å². The molecule has 0 spiro atoms. The van der Waals surface area contributed by atoms with Crippen molar-refractivity contribution in [3.05, 3.63) is 17.0 Å². The summed E-state index contributed by atoms with van der Waals surface area (Å²) in [7, 11) is 1.84. The van der Waals surface area contributed by atoms with E-state index in [2.05, 4.69) is 15.5 Å². The fraction of sp³-hybridized carbons (Fsp3) is 0.400. The lowest BCUT2D eigenvalue weighted by Crippen LogP contribution is -2.24. The summed E-state index contributed by atoms with van der Waals surface area (Å²) in [5.41, 5.74) is 2.65. The van der Waals surface area contributed by atoms with Crippen LogP contribution in [0.15, 0.2) is 5.10 Å². The number of nitrogens with zero attached hydrogens (tertiary/aromatic N) is 4. The predicted octanol–water partition coefficient (Wildman–Crippen LogP) is -0.0774. The maximum absolute atomic E-state index is 11.2. The Bertz CT molecular complexity index is 517. The minimum absolute atomic E-state index is 0.0340. The van der Waals surface area contributed by atoms with E-state index in [1.807, 2.05) is 20.9 Å². The molecule has 1 aromatic rings. The second kappa shape index (κ2) is 4.00. The molecule has 0 atom stereocenters. The number of hydrogen-bond donors (Lipinski definition) is 1. The molecule has 1 saturated heterocycles. The van der Waals surface area contributed by atoms with E-state index in [4.69, 9.17) is 0 Å². The Balaban J connectivity index is 2.21. The molecule has 0 aliphatic carbocycles. The van der Waals surface area contributed by atoms with Crippen molar-refractivity contribution in [3.8, 4) is 0 Å². The van der Waals surface area contributed by atoms with Gasteiger partial charge in [-0.1, -0.05) is 0 Å². The van der Waals surface area contributed by atoms with Gasteiger partial charge in [-0.25, -0.2) is 9.80 Å². The molecule has 3 amide bonds. The van der Waals surface area contributed by atoms with Crippen LogP contribution < -0.4 is 5.32 Å². The number of amides is 3. The molecule has 2 heterocycles. The van der Waals surface area contributed by atoms with Crippen LogP contribution in [0.4, 0.5) is 4.79 Å². The lowest BCUT2D eigenvalue weighted by Gasteiger charge is -2.04. The average molecular weight is 235 g/mol. The van der Waals surface area contributed by atoms with Crippen LogP contribution in [-0.4, -0.2) is 39.5 Å². The first-order chi connectivity index (χ1) is 7.99. The Hall–Kier alpha value is -2.18. The molecule has 0 aromatic carbocycles. The van der Waals surface area contributed by atoms with E-state index < -0.39 is 6.03 Å². The van der Waals surface area contributed by atoms with Gasteiger partial charge in [-0.2, -0.15) is 10.2 Å². The Morgan fingerprint density at radius 2 is 2.12 bits per heavy atom. The number of carbonyl (C=O) groups is 2. The van der Waals surface area contributed by atoms with Crippen molar-refractivity contribution in [1.82, 2.24) is 20.1 Å². The topological polar surface area (TPSA) is 79.6 Å². The number of aryl methyl sites for hydroxylation is 2. The fourth-order valence-electron chi connectivity index (χ4n) is 1.63. The highest BCUT2D eigenvalue weighted by molar-refractivity contribution is 6.02. The van der Waals surface area contributed by atoms with Gasteiger partial charge in [-0.3, -0.25) is 14.8 Å². The summed E-state index contributed by atoms with van der Waals surface area (Å²) in [6.07, 6.45) is 1.55. The fourth-order valence-corrected chi connectivity index (χ4v) is 1.63. The monoisotopic (exact) mass is 235 g/mol. The van der Waals surface area contributed by atoms with Gasteiger partial charge in [0.2, 0.25) is 5.91 Å². The van der Waals surface area contributed by atoms with Crippen LogP contribution in [0.1, 0.15) is 17.0 Å². The van der Waals surface area contributed by atoms with Gasteiger partial charge >= 0.3 is 6.03 Å². The summed E-state index contributed by atoms with van der Waals surface area (Å²) in [5.74, 6) is -0.341. The molecular formula is C10H13N5O2. The molecule has 0 radical (unpaired) electrons. The molecule has 1 aliphatic heterocycles. The third-order valence-corrected chi connectivity index (χ3v) is 2.67. The van der Waals surface area contributed by atoms with Crippen molar-refractivity contribution in [1.29, 1.82) is 0 Å². The summed E-state index contributed by atoms with van der Waals surface area (Å²) in [6.45, 7) is 3.74. The van der Waals surface area contributed by atoms with Crippen molar-refractivity contribution in [2.24, 2.45) is 12.1 Å². The SMILES string of the molecule is Cc1nn(C)c(C)c1C=NN1CC(=O)NC1=O. The second-order valence-electron chi connectivity index (χ2n) is 3.86. The van der Waals surface area contributed by atoms with E-state index in [1.54, 1.807) is 10.9 Å². The van der Waals surface area contributed by atoms with Gasteiger partial charge in [0.05, 0.1) is 11.9 Å². The number of hydrogen-bond acceptors (Lipinski definition) is 4.